The second-order valence-electron chi connectivity index (χ2n) is 3.94. The lowest BCUT2D eigenvalue weighted by Crippen LogP contribution is -2.26. The first-order valence-electron chi connectivity index (χ1n) is 5.30. The van der Waals surface area contributed by atoms with Crippen molar-refractivity contribution >= 4 is 10.0 Å². The Morgan fingerprint density at radius 3 is 2.63 bits per heavy atom. The number of nitrogens with one attached hydrogen (secondary N) is 1. The maximum atomic E-state index is 13.0. The van der Waals surface area contributed by atoms with Gasteiger partial charge < -0.3 is 0 Å². The number of rotatable bonds is 4. The van der Waals surface area contributed by atoms with Crippen LogP contribution in [0.4, 0.5) is 8.78 Å². The Balaban J connectivity index is 2.21. The van der Waals surface area contributed by atoms with Crippen molar-refractivity contribution in [1.82, 2.24) is 14.5 Å². The van der Waals surface area contributed by atoms with Crippen LogP contribution in [0.2, 0.25) is 0 Å². The number of hydrogen-bond donors (Lipinski definition) is 1. The first-order chi connectivity index (χ1) is 8.91. The molecule has 1 aromatic heterocycles. The van der Waals surface area contributed by atoms with Crippen molar-refractivity contribution in [3.63, 3.8) is 0 Å². The maximum absolute atomic E-state index is 13.0. The number of benzene rings is 1. The van der Waals surface area contributed by atoms with Gasteiger partial charge in [-0.2, -0.15) is 9.40 Å². The predicted molar refractivity (Wildman–Crippen MR) is 63.6 cm³/mol. The molecule has 0 aliphatic carbocycles. The highest BCUT2D eigenvalue weighted by Gasteiger charge is 2.22. The Hall–Kier alpha value is -1.80. The fraction of sp³-hybridized carbons (Fsp3) is 0.182. The van der Waals surface area contributed by atoms with Crippen molar-refractivity contribution in [2.45, 2.75) is 11.4 Å². The molecule has 5 nitrogen and oxygen atoms in total. The standard InChI is InChI=1S/C11H11F2N3O2S/c1-16(19(17,18)9-5-14-15-6-9)7-8-2-3-10(12)11(13)4-8/h2-6H,7H2,1H3,(H,14,15). The molecule has 0 unspecified atom stereocenters. The molecule has 0 aliphatic heterocycles. The molecule has 0 aliphatic rings. The van der Waals surface area contributed by atoms with E-state index in [1.165, 1.54) is 25.5 Å². The van der Waals surface area contributed by atoms with Crippen LogP contribution in [0.3, 0.4) is 0 Å². The van der Waals surface area contributed by atoms with Gasteiger partial charge in [0, 0.05) is 19.8 Å². The molecule has 0 amide bonds. The molecule has 0 radical (unpaired) electrons. The maximum Gasteiger partial charge on any atom is 0.246 e. The molecule has 102 valence electrons. The van der Waals surface area contributed by atoms with E-state index in [2.05, 4.69) is 10.2 Å². The fourth-order valence-corrected chi connectivity index (χ4v) is 2.61. The molecule has 8 heteroatoms. The summed E-state index contributed by atoms with van der Waals surface area (Å²) >= 11 is 0. The van der Waals surface area contributed by atoms with Crippen LogP contribution in [0.15, 0.2) is 35.5 Å². The van der Waals surface area contributed by atoms with E-state index in [-0.39, 0.29) is 11.4 Å². The molecule has 0 saturated heterocycles. The Kier molecular flexibility index (Phi) is 3.63. The van der Waals surface area contributed by atoms with Crippen LogP contribution in [0.1, 0.15) is 5.56 Å². The zero-order chi connectivity index (χ0) is 14.0. The summed E-state index contributed by atoms with van der Waals surface area (Å²) in [5.74, 6) is -1.98. The lowest BCUT2D eigenvalue weighted by Gasteiger charge is -2.16. The minimum Gasteiger partial charge on any atom is -0.284 e. The Labute approximate surface area is 108 Å². The van der Waals surface area contributed by atoms with Gasteiger partial charge in [0.05, 0.1) is 6.20 Å². The van der Waals surface area contributed by atoms with Gasteiger partial charge in [0.1, 0.15) is 4.90 Å². The molecule has 0 saturated carbocycles. The van der Waals surface area contributed by atoms with E-state index in [4.69, 9.17) is 0 Å². The van der Waals surface area contributed by atoms with Crippen LogP contribution in [0.25, 0.3) is 0 Å². The number of H-pyrrole nitrogens is 1. The first kappa shape index (κ1) is 13.6. The number of aromatic nitrogens is 2. The molecule has 2 rings (SSSR count). The van der Waals surface area contributed by atoms with E-state index in [0.29, 0.717) is 5.56 Å². The Morgan fingerprint density at radius 1 is 1.32 bits per heavy atom. The predicted octanol–water partition coefficient (Wildman–Crippen LogP) is 1.51. The molecular weight excluding hydrogens is 276 g/mol. The summed E-state index contributed by atoms with van der Waals surface area (Å²) < 4.78 is 50.9. The second kappa shape index (κ2) is 5.06. The highest BCUT2D eigenvalue weighted by Crippen LogP contribution is 2.16. The minimum absolute atomic E-state index is 0.0117. The number of aromatic amines is 1. The van der Waals surface area contributed by atoms with Gasteiger partial charge in [0.25, 0.3) is 0 Å². The normalized spacial score (nSPS) is 12.0. The first-order valence-corrected chi connectivity index (χ1v) is 6.74. The molecule has 0 spiro atoms. The van der Waals surface area contributed by atoms with Gasteiger partial charge in [0.15, 0.2) is 11.6 Å². The molecule has 0 bridgehead atoms. The van der Waals surface area contributed by atoms with E-state index in [1.807, 2.05) is 0 Å². The van der Waals surface area contributed by atoms with Crippen molar-refractivity contribution in [3.05, 3.63) is 47.8 Å². The fourth-order valence-electron chi connectivity index (χ4n) is 1.54. The van der Waals surface area contributed by atoms with Gasteiger partial charge in [0.2, 0.25) is 10.0 Å². The number of hydrogen-bond acceptors (Lipinski definition) is 3. The summed E-state index contributed by atoms with van der Waals surface area (Å²) in [6.45, 7) is -0.0648. The summed E-state index contributed by atoms with van der Waals surface area (Å²) in [7, 11) is -2.34. The quantitative estimate of drug-likeness (QED) is 0.927. The lowest BCUT2D eigenvalue weighted by molar-refractivity contribution is 0.462. The van der Waals surface area contributed by atoms with E-state index in [9.17, 15) is 17.2 Å². The van der Waals surface area contributed by atoms with Crippen LogP contribution in [-0.2, 0) is 16.6 Å². The molecule has 1 N–H and O–H groups in total. The third kappa shape index (κ3) is 2.79. The van der Waals surface area contributed by atoms with Gasteiger partial charge in [-0.15, -0.1) is 0 Å². The van der Waals surface area contributed by atoms with Gasteiger partial charge in [-0.25, -0.2) is 17.2 Å². The van der Waals surface area contributed by atoms with Crippen LogP contribution in [0.5, 0.6) is 0 Å². The van der Waals surface area contributed by atoms with Gasteiger partial charge in [-0.05, 0) is 17.7 Å². The monoisotopic (exact) mass is 287 g/mol. The minimum atomic E-state index is -3.69. The summed E-state index contributed by atoms with van der Waals surface area (Å²) in [5.41, 5.74) is 0.355. The lowest BCUT2D eigenvalue weighted by atomic mass is 10.2. The highest BCUT2D eigenvalue weighted by molar-refractivity contribution is 7.89. The topological polar surface area (TPSA) is 66.1 Å². The molecule has 2 aromatic rings. The van der Waals surface area contributed by atoms with Crippen molar-refractivity contribution in [1.29, 1.82) is 0 Å². The molecule has 1 heterocycles. The summed E-state index contributed by atoms with van der Waals surface area (Å²) in [6, 6.07) is 3.26. The smallest absolute Gasteiger partial charge is 0.246 e. The number of nitrogens with zero attached hydrogens (tertiary/aromatic N) is 2. The third-order valence-corrected chi connectivity index (χ3v) is 4.34. The van der Waals surface area contributed by atoms with Crippen LogP contribution >= 0.6 is 0 Å². The summed E-state index contributed by atoms with van der Waals surface area (Å²) in [4.78, 5) is 0.0117. The largest absolute Gasteiger partial charge is 0.284 e. The number of sulfonamides is 1. The van der Waals surface area contributed by atoms with Gasteiger partial charge in [-0.1, -0.05) is 6.07 Å². The van der Waals surface area contributed by atoms with Crippen molar-refractivity contribution in [2.24, 2.45) is 0 Å². The van der Waals surface area contributed by atoms with E-state index in [0.717, 1.165) is 16.4 Å². The van der Waals surface area contributed by atoms with Crippen LogP contribution in [-0.4, -0.2) is 30.0 Å². The van der Waals surface area contributed by atoms with E-state index < -0.39 is 21.7 Å². The summed E-state index contributed by atoms with van der Waals surface area (Å²) in [6.07, 6.45) is 2.42. The average Bonchev–Trinajstić information content (AvgIpc) is 2.88. The van der Waals surface area contributed by atoms with Crippen molar-refractivity contribution in [2.75, 3.05) is 7.05 Å². The molecule has 0 fully saturated rings. The molecule has 0 atom stereocenters. The van der Waals surface area contributed by atoms with Gasteiger partial charge in [-0.3, -0.25) is 5.10 Å². The SMILES string of the molecule is CN(Cc1ccc(F)c(F)c1)S(=O)(=O)c1cn[nH]c1. The third-order valence-electron chi connectivity index (χ3n) is 2.57. The second-order valence-corrected chi connectivity index (χ2v) is 5.99. The van der Waals surface area contributed by atoms with Gasteiger partial charge >= 0.3 is 0 Å². The Morgan fingerprint density at radius 2 is 2.05 bits per heavy atom. The highest BCUT2D eigenvalue weighted by atomic mass is 32.2. The zero-order valence-electron chi connectivity index (χ0n) is 9.97. The van der Waals surface area contributed by atoms with Crippen molar-refractivity contribution < 1.29 is 17.2 Å². The van der Waals surface area contributed by atoms with Crippen molar-refractivity contribution in [3.8, 4) is 0 Å². The molecule has 1 aromatic carbocycles. The average molecular weight is 287 g/mol. The van der Waals surface area contributed by atoms with Crippen LogP contribution < -0.4 is 0 Å². The molecule has 19 heavy (non-hydrogen) atoms. The van der Waals surface area contributed by atoms with Crippen LogP contribution in [0, 0.1) is 11.6 Å². The molecular formula is C11H11F2N3O2S. The summed E-state index contributed by atoms with van der Waals surface area (Å²) in [5, 5.41) is 5.97. The zero-order valence-corrected chi connectivity index (χ0v) is 10.8. The van der Waals surface area contributed by atoms with E-state index >= 15 is 0 Å². The Bertz CT molecular complexity index is 671. The van der Waals surface area contributed by atoms with E-state index in [1.54, 1.807) is 0 Å². The number of halogens is 2.